The Kier molecular flexibility index (Phi) is 2.63. The number of carboxylic acids is 1. The van der Waals surface area contributed by atoms with Crippen molar-refractivity contribution in [2.75, 3.05) is 0 Å². The van der Waals surface area contributed by atoms with Gasteiger partial charge in [-0.2, -0.15) is 4.79 Å². The van der Waals surface area contributed by atoms with Crippen molar-refractivity contribution < 1.29 is 19.5 Å². The van der Waals surface area contributed by atoms with Crippen molar-refractivity contribution in [2.45, 2.75) is 0 Å². The average Bonchev–Trinajstić information content (AvgIpc) is 1.64. The fourth-order valence-corrected chi connectivity index (χ4v) is 0.317. The largest absolute Gasteiger partial charge is 0.472 e. The van der Waals surface area contributed by atoms with Gasteiger partial charge in [-0.05, 0) is 0 Å². The summed E-state index contributed by atoms with van der Waals surface area (Å²) in [6, 6.07) is 0. The molecule has 0 bridgehead atoms. The molecule has 0 unspecified atom stereocenters. The Morgan fingerprint density at radius 2 is 2.00 bits per heavy atom. The van der Waals surface area contributed by atoms with Crippen LogP contribution in [-0.2, 0) is 9.59 Å². The highest BCUT2D eigenvalue weighted by molar-refractivity contribution is 7.99. The molecule has 0 fully saturated rings. The molecule has 0 rings (SSSR count). The number of carbonyl (C=O) groups is 2. The normalized spacial score (nSPS) is 7.67. The fraction of sp³-hybridized carbons (Fsp3) is 0. The first-order valence-electron chi connectivity index (χ1n) is 1.78. The molecule has 0 amide bonds. The van der Waals surface area contributed by atoms with Crippen LogP contribution in [0.25, 0.3) is 5.53 Å². The van der Waals surface area contributed by atoms with Crippen LogP contribution in [0.5, 0.6) is 0 Å². The lowest BCUT2D eigenvalue weighted by atomic mass is 10.4. The molecule has 0 aromatic rings. The second kappa shape index (κ2) is 3.01. The molecular weight excluding hydrogens is 144 g/mol. The Labute approximate surface area is 55.3 Å². The summed E-state index contributed by atoms with van der Waals surface area (Å²) in [5.41, 5.74) is 6.82. The minimum absolute atomic E-state index is 0.988. The number of hydrogen-bond donors (Lipinski definition) is 2. The first kappa shape index (κ1) is 7.87. The molecule has 0 saturated heterocycles. The smallest absolute Gasteiger partial charge is 0.452 e. The number of carbonyl (C=O) groups excluding carboxylic acids is 1. The highest BCUT2D eigenvalue weighted by Gasteiger charge is 2.25. The van der Waals surface area contributed by atoms with Crippen molar-refractivity contribution in [1.29, 1.82) is 0 Å². The number of nitrogens with zero attached hydrogens (tertiary/aromatic N) is 2. The summed E-state index contributed by atoms with van der Waals surface area (Å²) in [7, 11) is 0. The molecule has 0 spiro atoms. The number of thiol groups is 1. The minimum Gasteiger partial charge on any atom is -0.472 e. The first-order valence-corrected chi connectivity index (χ1v) is 2.23. The minimum atomic E-state index is -1.60. The summed E-state index contributed by atoms with van der Waals surface area (Å²) in [6.07, 6.45) is 0. The highest BCUT2D eigenvalue weighted by Crippen LogP contribution is 1.80. The van der Waals surface area contributed by atoms with Crippen molar-refractivity contribution >= 4 is 29.4 Å². The van der Waals surface area contributed by atoms with Crippen LogP contribution < -0.4 is 0 Å². The summed E-state index contributed by atoms with van der Waals surface area (Å²) >= 11 is 3.10. The Morgan fingerprint density at radius 1 is 1.56 bits per heavy atom. The lowest BCUT2D eigenvalue weighted by Gasteiger charge is -1.76. The third-order valence-corrected chi connectivity index (χ3v) is 0.717. The van der Waals surface area contributed by atoms with Gasteiger partial charge in [-0.15, -0.1) is 0 Å². The van der Waals surface area contributed by atoms with Gasteiger partial charge in [-0.1, -0.05) is 12.6 Å². The van der Waals surface area contributed by atoms with Gasteiger partial charge in [0, 0.05) is 0 Å². The molecule has 0 aromatic carbocycles. The zero-order valence-corrected chi connectivity index (χ0v) is 5.00. The standard InChI is InChI=1S/C3H2N2O3S/c4-5-1(2(6)7)3(8)9/h(H,6,7)(H,8,9). The molecule has 0 atom stereocenters. The number of hydrogen-bond acceptors (Lipinski definition) is 2. The molecule has 0 aliphatic rings. The van der Waals surface area contributed by atoms with E-state index >= 15 is 0 Å². The van der Waals surface area contributed by atoms with E-state index in [0.29, 0.717) is 0 Å². The maximum absolute atomic E-state index is 10.0. The second-order valence-corrected chi connectivity index (χ2v) is 1.47. The summed E-state index contributed by atoms with van der Waals surface area (Å²) in [5.74, 6) is -1.60. The van der Waals surface area contributed by atoms with Gasteiger partial charge in [0.1, 0.15) is 0 Å². The van der Waals surface area contributed by atoms with Crippen LogP contribution in [0.2, 0.25) is 0 Å². The molecule has 0 radical (unpaired) electrons. The third kappa shape index (κ3) is 2.07. The quantitative estimate of drug-likeness (QED) is 0.175. The van der Waals surface area contributed by atoms with Crippen LogP contribution in [0.1, 0.15) is 0 Å². The van der Waals surface area contributed by atoms with E-state index in [1.807, 2.05) is 0 Å². The summed E-state index contributed by atoms with van der Waals surface area (Å²) in [6.45, 7) is 0. The van der Waals surface area contributed by atoms with Gasteiger partial charge in [-0.25, -0.2) is 4.79 Å². The van der Waals surface area contributed by atoms with E-state index in [1.54, 1.807) is 0 Å². The van der Waals surface area contributed by atoms with Gasteiger partial charge >= 0.3 is 16.8 Å². The maximum Gasteiger partial charge on any atom is 0.452 e. The zero-order chi connectivity index (χ0) is 7.44. The molecule has 0 aliphatic heterocycles. The average molecular weight is 146 g/mol. The van der Waals surface area contributed by atoms with E-state index in [1.165, 1.54) is 0 Å². The lowest BCUT2D eigenvalue weighted by Crippen LogP contribution is -2.20. The predicted octanol–water partition coefficient (Wildman–Crippen LogP) is -0.802. The summed E-state index contributed by atoms with van der Waals surface area (Å²) < 4.78 is 0. The predicted molar refractivity (Wildman–Crippen MR) is 30.3 cm³/mol. The van der Waals surface area contributed by atoms with E-state index in [-0.39, 0.29) is 0 Å². The Hall–Kier alpha value is -1.13. The van der Waals surface area contributed by atoms with Crippen molar-refractivity contribution in [3.8, 4) is 0 Å². The van der Waals surface area contributed by atoms with Crippen LogP contribution in [-0.4, -0.2) is 26.7 Å². The van der Waals surface area contributed by atoms with Crippen LogP contribution in [0, 0.1) is 0 Å². The summed E-state index contributed by atoms with van der Waals surface area (Å²) in [4.78, 5) is 22.0. The van der Waals surface area contributed by atoms with E-state index in [0.717, 1.165) is 0 Å². The number of rotatable bonds is 2. The van der Waals surface area contributed by atoms with E-state index in [9.17, 15) is 9.59 Å². The summed E-state index contributed by atoms with van der Waals surface area (Å²) in [5, 5.41) is 6.90. The molecule has 0 heterocycles. The van der Waals surface area contributed by atoms with Crippen LogP contribution in [0.15, 0.2) is 0 Å². The lowest BCUT2D eigenvalue weighted by molar-refractivity contribution is -0.135. The van der Waals surface area contributed by atoms with Gasteiger partial charge < -0.3 is 10.6 Å². The van der Waals surface area contributed by atoms with Gasteiger partial charge in [-0.3, -0.25) is 4.79 Å². The van der Waals surface area contributed by atoms with Gasteiger partial charge in [0.15, 0.2) is 0 Å². The SMILES string of the molecule is [N-]=[N+]=C(C(=O)O)C(=O)S. The van der Waals surface area contributed by atoms with Crippen molar-refractivity contribution in [3.05, 3.63) is 5.53 Å². The second-order valence-electron chi connectivity index (χ2n) is 1.06. The van der Waals surface area contributed by atoms with Gasteiger partial charge in [0.25, 0.3) is 0 Å². The Bertz CT molecular complexity index is 189. The Morgan fingerprint density at radius 3 is 2.00 bits per heavy atom. The molecule has 0 saturated carbocycles. The molecule has 6 heteroatoms. The third-order valence-electron chi connectivity index (χ3n) is 0.505. The van der Waals surface area contributed by atoms with Gasteiger partial charge in [0.05, 0.1) is 0 Å². The van der Waals surface area contributed by atoms with Crippen LogP contribution >= 0.6 is 12.6 Å². The van der Waals surface area contributed by atoms with Crippen LogP contribution in [0.3, 0.4) is 0 Å². The molecule has 0 aromatic heterocycles. The maximum atomic E-state index is 10.0. The molecule has 48 valence electrons. The highest BCUT2D eigenvalue weighted by atomic mass is 32.1. The van der Waals surface area contributed by atoms with Crippen molar-refractivity contribution in [3.63, 3.8) is 0 Å². The Balaban J connectivity index is 4.59. The fourth-order valence-electron chi connectivity index (χ4n) is 0.177. The molecule has 5 nitrogen and oxygen atoms in total. The molecule has 9 heavy (non-hydrogen) atoms. The van der Waals surface area contributed by atoms with Crippen LogP contribution in [0.4, 0.5) is 0 Å². The van der Waals surface area contributed by atoms with Crippen molar-refractivity contribution in [2.24, 2.45) is 0 Å². The van der Waals surface area contributed by atoms with E-state index in [2.05, 4.69) is 17.4 Å². The van der Waals surface area contributed by atoms with E-state index in [4.69, 9.17) is 10.6 Å². The van der Waals surface area contributed by atoms with Gasteiger partial charge in [0.2, 0.25) is 0 Å². The number of aliphatic carboxylic acids is 1. The monoisotopic (exact) mass is 146 g/mol. The zero-order valence-electron chi connectivity index (χ0n) is 4.11. The van der Waals surface area contributed by atoms with Crippen molar-refractivity contribution in [1.82, 2.24) is 0 Å². The van der Waals surface area contributed by atoms with E-state index < -0.39 is 16.8 Å². The molecule has 0 aliphatic carbocycles. The first-order chi connectivity index (χ1) is 4.09. The molecular formula is C3H2N2O3S. The topological polar surface area (TPSA) is 90.8 Å². The molecule has 1 N–H and O–H groups in total. The number of carboxylic acid groups (broad SMARTS) is 1.